The van der Waals surface area contributed by atoms with Crippen LogP contribution in [0, 0.1) is 0 Å². The van der Waals surface area contributed by atoms with E-state index in [1.54, 1.807) is 30.3 Å². The lowest BCUT2D eigenvalue weighted by atomic mass is 10.1. The number of hydrogen-bond donors (Lipinski definition) is 1. The van der Waals surface area contributed by atoms with Crippen molar-refractivity contribution in [2.45, 2.75) is 19.3 Å². The minimum atomic E-state index is -4.46. The minimum absolute atomic E-state index is 0.0389. The second kappa shape index (κ2) is 8.37. The molecule has 0 heterocycles. The van der Waals surface area contributed by atoms with Gasteiger partial charge in [0.15, 0.2) is 0 Å². The molecule has 0 atom stereocenters. The van der Waals surface area contributed by atoms with E-state index < -0.39 is 30.3 Å². The van der Waals surface area contributed by atoms with Crippen molar-refractivity contribution in [1.29, 1.82) is 0 Å². The lowest BCUT2D eigenvalue weighted by Crippen LogP contribution is -2.35. The summed E-state index contributed by atoms with van der Waals surface area (Å²) in [7, 11) is 0. The largest absolute Gasteiger partial charge is 0.480 e. The van der Waals surface area contributed by atoms with Crippen LogP contribution in [0.4, 0.5) is 18.0 Å². The molecule has 1 N–H and O–H groups in total. The first-order valence-electron chi connectivity index (χ1n) is 7.59. The second-order valence-electron chi connectivity index (χ2n) is 5.48. The van der Waals surface area contributed by atoms with Gasteiger partial charge in [0.05, 0.1) is 5.56 Å². The van der Waals surface area contributed by atoms with Crippen LogP contribution in [0.1, 0.15) is 16.7 Å². The Hall–Kier alpha value is -3.03. The third kappa shape index (κ3) is 5.80. The van der Waals surface area contributed by atoms with Crippen LogP contribution >= 0.6 is 0 Å². The van der Waals surface area contributed by atoms with Crippen LogP contribution in [0.3, 0.4) is 0 Å². The van der Waals surface area contributed by atoms with Gasteiger partial charge in [0.1, 0.15) is 13.2 Å². The molecule has 2 aromatic carbocycles. The topological polar surface area (TPSA) is 66.8 Å². The zero-order valence-electron chi connectivity index (χ0n) is 13.6. The number of nitrogens with zero attached hydrogens (tertiary/aromatic N) is 1. The lowest BCUT2D eigenvalue weighted by Gasteiger charge is -2.20. The molecule has 0 unspecified atom stereocenters. The van der Waals surface area contributed by atoms with Gasteiger partial charge < -0.3 is 9.84 Å². The fraction of sp³-hybridized carbons (Fsp3) is 0.222. The number of halogens is 3. The predicted molar refractivity (Wildman–Crippen MR) is 86.1 cm³/mol. The molecule has 0 bridgehead atoms. The molecule has 0 spiro atoms. The van der Waals surface area contributed by atoms with E-state index in [2.05, 4.69) is 0 Å². The number of rotatable bonds is 6. The normalized spacial score (nSPS) is 11.0. The summed E-state index contributed by atoms with van der Waals surface area (Å²) in [4.78, 5) is 24.0. The van der Waals surface area contributed by atoms with Crippen molar-refractivity contribution in [3.05, 3.63) is 71.3 Å². The number of alkyl halides is 3. The Labute approximate surface area is 147 Å². The van der Waals surface area contributed by atoms with Crippen molar-refractivity contribution < 1.29 is 32.6 Å². The standard InChI is InChI=1S/C18H16F3NO4/c19-18(20,21)15-8-6-13(7-9-15)10-22(11-16(23)24)17(25)26-12-14-4-2-1-3-5-14/h1-9H,10-12H2,(H,23,24). The number of carbonyl (C=O) groups excluding carboxylic acids is 1. The highest BCUT2D eigenvalue weighted by Crippen LogP contribution is 2.29. The van der Waals surface area contributed by atoms with Crippen LogP contribution in [0.25, 0.3) is 0 Å². The fourth-order valence-corrected chi connectivity index (χ4v) is 2.18. The van der Waals surface area contributed by atoms with Gasteiger partial charge >= 0.3 is 18.2 Å². The summed E-state index contributed by atoms with van der Waals surface area (Å²) in [6.07, 6.45) is -5.33. The molecule has 1 amide bonds. The zero-order valence-corrected chi connectivity index (χ0v) is 13.6. The molecule has 5 nitrogen and oxygen atoms in total. The predicted octanol–water partition coefficient (Wildman–Crippen LogP) is 3.93. The Balaban J connectivity index is 2.04. The maximum absolute atomic E-state index is 12.6. The van der Waals surface area contributed by atoms with E-state index in [0.717, 1.165) is 22.6 Å². The summed E-state index contributed by atoms with van der Waals surface area (Å²) in [6.45, 7) is -0.852. The van der Waals surface area contributed by atoms with Gasteiger partial charge in [-0.2, -0.15) is 13.2 Å². The molecule has 2 aromatic rings. The Morgan fingerprint density at radius 3 is 2.12 bits per heavy atom. The van der Waals surface area contributed by atoms with Crippen LogP contribution < -0.4 is 0 Å². The first-order chi connectivity index (χ1) is 12.3. The van der Waals surface area contributed by atoms with Crippen molar-refractivity contribution in [2.24, 2.45) is 0 Å². The second-order valence-corrected chi connectivity index (χ2v) is 5.48. The summed E-state index contributed by atoms with van der Waals surface area (Å²) in [6, 6.07) is 13.0. The molecule has 0 aliphatic heterocycles. The molecule has 0 saturated heterocycles. The van der Waals surface area contributed by atoms with Crippen LogP contribution in [0.5, 0.6) is 0 Å². The molecular formula is C18H16F3NO4. The molecule has 0 aliphatic rings. The number of carboxylic acids is 1. The Morgan fingerprint density at radius 1 is 0.962 bits per heavy atom. The van der Waals surface area contributed by atoms with Gasteiger partial charge in [0.25, 0.3) is 0 Å². The molecule has 0 saturated carbocycles. The van der Waals surface area contributed by atoms with Crippen molar-refractivity contribution in [3.63, 3.8) is 0 Å². The number of benzene rings is 2. The van der Waals surface area contributed by atoms with Crippen LogP contribution in [-0.4, -0.2) is 28.6 Å². The van der Waals surface area contributed by atoms with Crippen LogP contribution in [-0.2, 0) is 28.9 Å². The van der Waals surface area contributed by atoms with Gasteiger partial charge in [-0.1, -0.05) is 42.5 Å². The third-order valence-electron chi connectivity index (χ3n) is 3.44. The maximum atomic E-state index is 12.6. The number of ether oxygens (including phenoxy) is 1. The minimum Gasteiger partial charge on any atom is -0.480 e. The fourth-order valence-electron chi connectivity index (χ4n) is 2.18. The molecule has 0 radical (unpaired) electrons. The molecular weight excluding hydrogens is 351 g/mol. The average Bonchev–Trinajstić information content (AvgIpc) is 2.59. The molecule has 26 heavy (non-hydrogen) atoms. The highest BCUT2D eigenvalue weighted by atomic mass is 19.4. The number of carbonyl (C=O) groups is 2. The molecule has 0 aromatic heterocycles. The Bertz CT molecular complexity index is 745. The molecule has 2 rings (SSSR count). The highest BCUT2D eigenvalue weighted by molar-refractivity contribution is 5.76. The first kappa shape index (κ1) is 19.3. The van der Waals surface area contributed by atoms with Gasteiger partial charge in [0, 0.05) is 6.54 Å². The van der Waals surface area contributed by atoms with Crippen LogP contribution in [0.15, 0.2) is 54.6 Å². The van der Waals surface area contributed by atoms with E-state index in [-0.39, 0.29) is 13.2 Å². The molecule has 0 aliphatic carbocycles. The number of amides is 1. The van der Waals surface area contributed by atoms with E-state index >= 15 is 0 Å². The van der Waals surface area contributed by atoms with Crippen molar-refractivity contribution in [2.75, 3.05) is 6.54 Å². The van der Waals surface area contributed by atoms with Crippen LogP contribution in [0.2, 0.25) is 0 Å². The lowest BCUT2D eigenvalue weighted by molar-refractivity contribution is -0.138. The number of aliphatic carboxylic acids is 1. The van der Waals surface area contributed by atoms with E-state index in [1.165, 1.54) is 12.1 Å². The third-order valence-corrected chi connectivity index (χ3v) is 3.44. The Morgan fingerprint density at radius 2 is 1.58 bits per heavy atom. The maximum Gasteiger partial charge on any atom is 0.416 e. The summed E-state index contributed by atoms with van der Waals surface area (Å²) in [5, 5.41) is 8.95. The molecule has 8 heteroatoms. The zero-order chi connectivity index (χ0) is 19.2. The Kier molecular flexibility index (Phi) is 6.21. The monoisotopic (exact) mass is 367 g/mol. The summed E-state index contributed by atoms with van der Waals surface area (Å²) < 4.78 is 42.8. The van der Waals surface area contributed by atoms with E-state index in [0.29, 0.717) is 5.56 Å². The number of carboxylic acid groups (broad SMARTS) is 1. The SMILES string of the molecule is O=C(O)CN(Cc1ccc(C(F)(F)F)cc1)C(=O)OCc1ccccc1. The highest BCUT2D eigenvalue weighted by Gasteiger charge is 2.30. The number of hydrogen-bond acceptors (Lipinski definition) is 3. The average molecular weight is 367 g/mol. The first-order valence-corrected chi connectivity index (χ1v) is 7.59. The van der Waals surface area contributed by atoms with Crippen molar-refractivity contribution >= 4 is 12.1 Å². The van der Waals surface area contributed by atoms with Gasteiger partial charge in [-0.05, 0) is 23.3 Å². The quantitative estimate of drug-likeness (QED) is 0.840. The molecule has 138 valence electrons. The van der Waals surface area contributed by atoms with Crippen molar-refractivity contribution in [1.82, 2.24) is 4.90 Å². The smallest absolute Gasteiger partial charge is 0.416 e. The van der Waals surface area contributed by atoms with E-state index in [9.17, 15) is 22.8 Å². The van der Waals surface area contributed by atoms with Crippen molar-refractivity contribution in [3.8, 4) is 0 Å². The van der Waals surface area contributed by atoms with Gasteiger partial charge in [0.2, 0.25) is 0 Å². The summed E-state index contributed by atoms with van der Waals surface area (Å²) in [5.41, 5.74) is 0.263. The van der Waals surface area contributed by atoms with Gasteiger partial charge in [-0.25, -0.2) is 4.79 Å². The van der Waals surface area contributed by atoms with Gasteiger partial charge in [-0.15, -0.1) is 0 Å². The summed E-state index contributed by atoms with van der Waals surface area (Å²) in [5.74, 6) is -1.26. The van der Waals surface area contributed by atoms with Gasteiger partial charge in [-0.3, -0.25) is 9.69 Å². The van der Waals surface area contributed by atoms with E-state index in [4.69, 9.17) is 9.84 Å². The van der Waals surface area contributed by atoms with E-state index in [1.807, 2.05) is 0 Å². The molecule has 0 fully saturated rings. The summed E-state index contributed by atoms with van der Waals surface area (Å²) >= 11 is 0.